The van der Waals surface area contributed by atoms with Gasteiger partial charge in [-0.15, -0.1) is 0 Å². The highest BCUT2D eigenvalue weighted by Gasteiger charge is 2.22. The Morgan fingerprint density at radius 3 is 2.71 bits per heavy atom. The number of benzene rings is 1. The molecule has 1 aliphatic rings. The quantitative estimate of drug-likeness (QED) is 0.813. The largest absolute Gasteiger partial charge is 0.371 e. The van der Waals surface area contributed by atoms with E-state index < -0.39 is 0 Å². The van der Waals surface area contributed by atoms with Gasteiger partial charge in [0.1, 0.15) is 0 Å². The molecule has 1 aromatic carbocycles. The molecule has 118 valence electrons. The molecule has 0 atom stereocenters. The van der Waals surface area contributed by atoms with E-state index in [4.69, 9.17) is 11.6 Å². The fourth-order valence-electron chi connectivity index (χ4n) is 3.02. The van der Waals surface area contributed by atoms with E-state index in [0.717, 1.165) is 24.5 Å². The van der Waals surface area contributed by atoms with Gasteiger partial charge < -0.3 is 15.1 Å². The number of piperidine rings is 1. The zero-order chi connectivity index (χ0) is 15.2. The van der Waals surface area contributed by atoms with Gasteiger partial charge >= 0.3 is 0 Å². The maximum Gasteiger partial charge on any atom is 0.0471 e. The van der Waals surface area contributed by atoms with Crippen molar-refractivity contribution in [3.8, 4) is 0 Å². The van der Waals surface area contributed by atoms with Crippen LogP contribution in [-0.4, -0.2) is 44.7 Å². The summed E-state index contributed by atoms with van der Waals surface area (Å²) in [5.74, 6) is 0. The first kappa shape index (κ1) is 16.6. The zero-order valence-corrected chi connectivity index (χ0v) is 14.3. The smallest absolute Gasteiger partial charge is 0.0471 e. The minimum Gasteiger partial charge on any atom is -0.371 e. The van der Waals surface area contributed by atoms with Crippen LogP contribution in [-0.2, 0) is 6.54 Å². The molecule has 0 saturated carbocycles. The van der Waals surface area contributed by atoms with Crippen LogP contribution in [0.1, 0.15) is 31.7 Å². The van der Waals surface area contributed by atoms with Crippen molar-refractivity contribution in [3.05, 3.63) is 28.8 Å². The number of anilines is 1. The fraction of sp³-hybridized carbons (Fsp3) is 0.647. The summed E-state index contributed by atoms with van der Waals surface area (Å²) in [6.45, 7) is 6.42. The molecule has 1 aliphatic heterocycles. The lowest BCUT2D eigenvalue weighted by Gasteiger charge is -2.37. The summed E-state index contributed by atoms with van der Waals surface area (Å²) in [6.07, 6.45) is 3.59. The van der Waals surface area contributed by atoms with E-state index in [1.807, 2.05) is 6.07 Å². The summed E-state index contributed by atoms with van der Waals surface area (Å²) in [4.78, 5) is 4.84. The standard InChI is InChI=1S/C17H28ClN3/c1-4-10-19-13-15-16(18)6-5-7-17(15)21(3)14-8-11-20(2)12-9-14/h5-7,14,19H,4,8-13H2,1-3H3. The number of likely N-dealkylation sites (tertiary alicyclic amines) is 1. The van der Waals surface area contributed by atoms with Crippen LogP contribution in [0.15, 0.2) is 18.2 Å². The normalized spacial score (nSPS) is 17.1. The summed E-state index contributed by atoms with van der Waals surface area (Å²) >= 11 is 6.44. The van der Waals surface area contributed by atoms with Crippen molar-refractivity contribution in [2.75, 3.05) is 38.6 Å². The molecule has 1 fully saturated rings. The van der Waals surface area contributed by atoms with Crippen LogP contribution in [0.4, 0.5) is 5.69 Å². The lowest BCUT2D eigenvalue weighted by molar-refractivity contribution is 0.252. The van der Waals surface area contributed by atoms with Gasteiger partial charge in [0.05, 0.1) is 0 Å². The Labute approximate surface area is 134 Å². The molecule has 0 aromatic heterocycles. The van der Waals surface area contributed by atoms with Gasteiger partial charge in [0.2, 0.25) is 0 Å². The topological polar surface area (TPSA) is 18.5 Å². The van der Waals surface area contributed by atoms with Crippen LogP contribution in [0.5, 0.6) is 0 Å². The molecule has 0 bridgehead atoms. The van der Waals surface area contributed by atoms with Gasteiger partial charge in [-0.1, -0.05) is 24.6 Å². The third-order valence-corrected chi connectivity index (χ3v) is 4.79. The van der Waals surface area contributed by atoms with Crippen LogP contribution in [0.3, 0.4) is 0 Å². The molecular formula is C17H28ClN3. The van der Waals surface area contributed by atoms with E-state index in [1.54, 1.807) is 0 Å². The minimum absolute atomic E-state index is 0.615. The Bertz CT molecular complexity index is 442. The molecule has 0 amide bonds. The first-order valence-electron chi connectivity index (χ1n) is 8.03. The first-order valence-corrected chi connectivity index (χ1v) is 8.40. The van der Waals surface area contributed by atoms with Crippen molar-refractivity contribution in [2.24, 2.45) is 0 Å². The molecule has 2 rings (SSSR count). The van der Waals surface area contributed by atoms with Gasteiger partial charge in [0.25, 0.3) is 0 Å². The maximum absolute atomic E-state index is 6.44. The second-order valence-corrected chi connectivity index (χ2v) is 6.47. The van der Waals surface area contributed by atoms with Crippen LogP contribution in [0.2, 0.25) is 5.02 Å². The van der Waals surface area contributed by atoms with Crippen LogP contribution in [0, 0.1) is 0 Å². The van der Waals surface area contributed by atoms with E-state index >= 15 is 0 Å². The third kappa shape index (κ3) is 4.35. The molecular weight excluding hydrogens is 282 g/mol. The molecule has 1 aromatic rings. The van der Waals surface area contributed by atoms with Gasteiger partial charge in [0, 0.05) is 35.9 Å². The second-order valence-electron chi connectivity index (χ2n) is 6.06. The fourth-order valence-corrected chi connectivity index (χ4v) is 3.26. The summed E-state index contributed by atoms with van der Waals surface area (Å²) in [5.41, 5.74) is 2.51. The van der Waals surface area contributed by atoms with E-state index in [1.165, 1.54) is 37.2 Å². The SMILES string of the molecule is CCCNCc1c(Cl)cccc1N(C)C1CCN(C)CC1. The highest BCUT2D eigenvalue weighted by Crippen LogP contribution is 2.30. The van der Waals surface area contributed by atoms with Gasteiger partial charge in [-0.2, -0.15) is 0 Å². The molecule has 1 heterocycles. The Hall–Kier alpha value is -0.770. The predicted molar refractivity (Wildman–Crippen MR) is 92.4 cm³/mol. The molecule has 0 spiro atoms. The minimum atomic E-state index is 0.615. The van der Waals surface area contributed by atoms with Gasteiger partial charge in [-0.25, -0.2) is 0 Å². The molecule has 0 radical (unpaired) electrons. The van der Waals surface area contributed by atoms with Crippen molar-refractivity contribution in [3.63, 3.8) is 0 Å². The lowest BCUT2D eigenvalue weighted by atomic mass is 10.0. The molecule has 1 N–H and O–H groups in total. The van der Waals surface area contributed by atoms with Crippen LogP contribution < -0.4 is 10.2 Å². The molecule has 3 nitrogen and oxygen atoms in total. The summed E-state index contributed by atoms with van der Waals surface area (Å²) < 4.78 is 0. The van der Waals surface area contributed by atoms with E-state index in [2.05, 4.69) is 48.3 Å². The molecule has 1 saturated heterocycles. The average molecular weight is 310 g/mol. The summed E-state index contributed by atoms with van der Waals surface area (Å²) in [7, 11) is 4.42. The molecule has 0 unspecified atom stereocenters. The lowest BCUT2D eigenvalue weighted by Crippen LogP contribution is -2.42. The van der Waals surface area contributed by atoms with Gasteiger partial charge in [-0.3, -0.25) is 0 Å². The zero-order valence-electron chi connectivity index (χ0n) is 13.5. The van der Waals surface area contributed by atoms with E-state index in [0.29, 0.717) is 6.04 Å². The second kappa shape index (κ2) is 8.02. The number of nitrogens with zero attached hydrogens (tertiary/aromatic N) is 2. The first-order chi connectivity index (χ1) is 10.1. The Morgan fingerprint density at radius 1 is 1.33 bits per heavy atom. The number of hydrogen-bond donors (Lipinski definition) is 1. The predicted octanol–water partition coefficient (Wildman–Crippen LogP) is 3.37. The monoisotopic (exact) mass is 309 g/mol. The number of nitrogens with one attached hydrogen (secondary N) is 1. The van der Waals surface area contributed by atoms with E-state index in [-0.39, 0.29) is 0 Å². The summed E-state index contributed by atoms with van der Waals surface area (Å²) in [6, 6.07) is 6.88. The molecule has 0 aliphatic carbocycles. The van der Waals surface area contributed by atoms with Crippen molar-refractivity contribution < 1.29 is 0 Å². The van der Waals surface area contributed by atoms with Crippen molar-refractivity contribution in [1.29, 1.82) is 0 Å². The average Bonchev–Trinajstić information content (AvgIpc) is 2.49. The molecule has 4 heteroatoms. The van der Waals surface area contributed by atoms with E-state index in [9.17, 15) is 0 Å². The Morgan fingerprint density at radius 2 is 2.05 bits per heavy atom. The van der Waals surface area contributed by atoms with Gasteiger partial charge in [0.15, 0.2) is 0 Å². The number of rotatable bonds is 6. The molecule has 21 heavy (non-hydrogen) atoms. The van der Waals surface area contributed by atoms with Crippen molar-refractivity contribution in [2.45, 2.75) is 38.8 Å². The highest BCUT2D eigenvalue weighted by molar-refractivity contribution is 6.31. The van der Waals surface area contributed by atoms with Crippen molar-refractivity contribution >= 4 is 17.3 Å². The Balaban J connectivity index is 2.12. The summed E-state index contributed by atoms with van der Waals surface area (Å²) in [5, 5.41) is 4.35. The number of halogens is 1. The highest BCUT2D eigenvalue weighted by atomic mass is 35.5. The van der Waals surface area contributed by atoms with Gasteiger partial charge in [-0.05, 0) is 58.1 Å². The van der Waals surface area contributed by atoms with Crippen LogP contribution in [0.25, 0.3) is 0 Å². The number of hydrogen-bond acceptors (Lipinski definition) is 3. The third-order valence-electron chi connectivity index (χ3n) is 4.44. The van der Waals surface area contributed by atoms with Crippen LogP contribution >= 0.6 is 11.6 Å². The Kier molecular flexibility index (Phi) is 6.34. The maximum atomic E-state index is 6.44. The van der Waals surface area contributed by atoms with Crippen molar-refractivity contribution in [1.82, 2.24) is 10.2 Å².